The van der Waals surface area contributed by atoms with Gasteiger partial charge in [0.05, 0.1) is 22.9 Å². The number of benzene rings is 1. The summed E-state index contributed by atoms with van der Waals surface area (Å²) in [7, 11) is 0. The van der Waals surface area contributed by atoms with Crippen LogP contribution in [-0.2, 0) is 0 Å². The van der Waals surface area contributed by atoms with E-state index in [1.165, 1.54) is 18.2 Å². The minimum Gasteiger partial charge on any atom is -0.394 e. The lowest BCUT2D eigenvalue weighted by molar-refractivity contribution is 0.113. The van der Waals surface area contributed by atoms with Crippen LogP contribution >= 0.6 is 27.7 Å². The quantitative estimate of drug-likeness (QED) is 0.388. The zero-order valence-corrected chi connectivity index (χ0v) is 13.5. The fourth-order valence-corrected chi connectivity index (χ4v) is 2.59. The Labute approximate surface area is 137 Å². The number of amidine groups is 1. The van der Waals surface area contributed by atoms with E-state index < -0.39 is 11.9 Å². The number of halogens is 2. The zero-order valence-electron chi connectivity index (χ0n) is 11.1. The van der Waals surface area contributed by atoms with Crippen LogP contribution in [0.4, 0.5) is 10.1 Å². The van der Waals surface area contributed by atoms with E-state index in [2.05, 4.69) is 35.9 Å². The van der Waals surface area contributed by atoms with Crippen molar-refractivity contribution in [1.82, 2.24) is 10.3 Å². The Kier molecular flexibility index (Phi) is 5.89. The smallest absolute Gasteiger partial charge is 0.183 e. The van der Waals surface area contributed by atoms with Gasteiger partial charge >= 0.3 is 0 Å². The maximum atomic E-state index is 13.2. The number of thioether (sulfide) groups is 1. The lowest BCUT2D eigenvalue weighted by Gasteiger charge is -2.04. The van der Waals surface area contributed by atoms with Gasteiger partial charge in [-0.25, -0.2) is 14.0 Å². The molecular weight excluding hydrogens is 379 g/mol. The van der Waals surface area contributed by atoms with Gasteiger partial charge < -0.3 is 15.9 Å². The van der Waals surface area contributed by atoms with E-state index in [1.54, 1.807) is 0 Å². The summed E-state index contributed by atoms with van der Waals surface area (Å²) in [5, 5.41) is 25.8. The van der Waals surface area contributed by atoms with Crippen LogP contribution in [0.5, 0.6) is 0 Å². The minimum absolute atomic E-state index is 0.0424. The molecule has 2 aromatic rings. The van der Waals surface area contributed by atoms with E-state index in [9.17, 15) is 9.50 Å². The van der Waals surface area contributed by atoms with Gasteiger partial charge in [-0.1, -0.05) is 11.8 Å². The van der Waals surface area contributed by atoms with Crippen molar-refractivity contribution in [2.24, 2.45) is 10.7 Å². The predicted molar refractivity (Wildman–Crippen MR) is 82.6 cm³/mol. The summed E-state index contributed by atoms with van der Waals surface area (Å²) in [4.78, 5) is 4.12. The van der Waals surface area contributed by atoms with Crippen LogP contribution in [0.15, 0.2) is 37.3 Å². The van der Waals surface area contributed by atoms with E-state index >= 15 is 0 Å². The van der Waals surface area contributed by atoms with Gasteiger partial charge in [0.1, 0.15) is 5.82 Å². The highest BCUT2D eigenvalue weighted by Gasteiger charge is 2.16. The molecule has 1 atom stereocenters. The van der Waals surface area contributed by atoms with Gasteiger partial charge in [-0.2, -0.15) is 0 Å². The van der Waals surface area contributed by atoms with Gasteiger partial charge in [-0.3, -0.25) is 0 Å². The topological polar surface area (TPSA) is 118 Å². The number of nitrogens with zero attached hydrogens (tertiary/aromatic N) is 3. The monoisotopic (exact) mass is 390 g/mol. The molecule has 4 N–H and O–H groups in total. The van der Waals surface area contributed by atoms with Crippen molar-refractivity contribution in [2.45, 2.75) is 11.1 Å². The molecule has 2 rings (SSSR count). The van der Waals surface area contributed by atoms with Crippen LogP contribution in [0.1, 0.15) is 5.69 Å². The van der Waals surface area contributed by atoms with Gasteiger partial charge in [0.2, 0.25) is 0 Å². The first-order valence-electron chi connectivity index (χ1n) is 6.05. The van der Waals surface area contributed by atoms with Crippen LogP contribution in [0.3, 0.4) is 0 Å². The van der Waals surface area contributed by atoms with Gasteiger partial charge in [0, 0.05) is 5.75 Å². The van der Waals surface area contributed by atoms with Gasteiger partial charge in [0.25, 0.3) is 0 Å². The SMILES string of the molecule is NC(=Nc1ccc(F)c(Br)c1)c1nonc1SCC(O)CO. The third kappa shape index (κ3) is 4.26. The Morgan fingerprint density at radius 3 is 2.95 bits per heavy atom. The number of aliphatic imine (C=N–C) groups is 1. The number of nitrogens with two attached hydrogens (primary N) is 1. The molecule has 0 saturated carbocycles. The lowest BCUT2D eigenvalue weighted by Crippen LogP contribution is -2.17. The van der Waals surface area contributed by atoms with E-state index in [1.807, 2.05) is 0 Å². The van der Waals surface area contributed by atoms with Gasteiger partial charge in [-0.05, 0) is 44.4 Å². The van der Waals surface area contributed by atoms with Gasteiger partial charge in [-0.15, -0.1) is 0 Å². The standard InChI is InChI=1S/C12H12BrFN4O3S/c13-8-3-6(1-2-9(8)14)16-11(15)10-12(18-21-17-10)22-5-7(20)4-19/h1-3,7,19-20H,4-5H2,(H2,15,16). The highest BCUT2D eigenvalue weighted by molar-refractivity contribution is 9.10. The Balaban J connectivity index is 2.18. The molecule has 1 unspecified atom stereocenters. The van der Waals surface area contributed by atoms with Crippen LogP contribution < -0.4 is 5.73 Å². The summed E-state index contributed by atoms with van der Waals surface area (Å²) in [5.41, 5.74) is 6.50. The number of rotatable bonds is 6. The van der Waals surface area contributed by atoms with Gasteiger partial charge in [0.15, 0.2) is 16.6 Å². The molecule has 0 amide bonds. The fourth-order valence-electron chi connectivity index (χ4n) is 1.41. The molecule has 0 aliphatic rings. The van der Waals surface area contributed by atoms with Crippen LogP contribution in [-0.4, -0.2) is 44.8 Å². The van der Waals surface area contributed by atoms with Crippen molar-refractivity contribution in [3.05, 3.63) is 34.2 Å². The van der Waals surface area contributed by atoms with Crippen molar-refractivity contribution in [3.63, 3.8) is 0 Å². The predicted octanol–water partition coefficient (Wildman–Crippen LogP) is 1.45. The van der Waals surface area contributed by atoms with Crippen molar-refractivity contribution >= 4 is 39.2 Å². The highest BCUT2D eigenvalue weighted by Crippen LogP contribution is 2.24. The molecule has 0 aliphatic carbocycles. The lowest BCUT2D eigenvalue weighted by atomic mass is 10.3. The molecule has 0 fully saturated rings. The number of aliphatic hydroxyl groups is 2. The molecule has 1 aromatic carbocycles. The van der Waals surface area contributed by atoms with Crippen molar-refractivity contribution in [3.8, 4) is 0 Å². The molecule has 118 valence electrons. The van der Waals surface area contributed by atoms with Crippen molar-refractivity contribution in [1.29, 1.82) is 0 Å². The number of hydrogen-bond donors (Lipinski definition) is 3. The van der Waals surface area contributed by atoms with Crippen LogP contribution in [0, 0.1) is 5.82 Å². The molecule has 1 aromatic heterocycles. The Hall–Kier alpha value is -1.49. The third-order valence-corrected chi connectivity index (χ3v) is 4.18. The number of aromatic nitrogens is 2. The van der Waals surface area contributed by atoms with Crippen LogP contribution in [0.2, 0.25) is 0 Å². The molecule has 10 heteroatoms. The summed E-state index contributed by atoms with van der Waals surface area (Å²) in [6.45, 7) is -0.360. The second-order valence-electron chi connectivity index (χ2n) is 4.16. The molecule has 0 aliphatic heterocycles. The van der Waals surface area contributed by atoms with Crippen molar-refractivity contribution < 1.29 is 19.2 Å². The fraction of sp³-hybridized carbons (Fsp3) is 0.250. The minimum atomic E-state index is -0.888. The highest BCUT2D eigenvalue weighted by atomic mass is 79.9. The Bertz CT molecular complexity index is 682. The molecule has 1 heterocycles. The Morgan fingerprint density at radius 1 is 1.50 bits per heavy atom. The summed E-state index contributed by atoms with van der Waals surface area (Å²) in [6.07, 6.45) is -0.888. The van der Waals surface area contributed by atoms with E-state index in [0.717, 1.165) is 11.8 Å². The first-order valence-corrected chi connectivity index (χ1v) is 7.83. The molecule has 0 spiro atoms. The van der Waals surface area contributed by atoms with E-state index in [4.69, 9.17) is 10.8 Å². The third-order valence-electron chi connectivity index (χ3n) is 2.48. The maximum absolute atomic E-state index is 13.2. The first-order chi connectivity index (χ1) is 10.5. The molecule has 0 saturated heterocycles. The second-order valence-corrected chi connectivity index (χ2v) is 6.02. The summed E-state index contributed by atoms with van der Waals surface area (Å²) in [6, 6.07) is 4.19. The molecule has 0 radical (unpaired) electrons. The second kappa shape index (κ2) is 7.68. The van der Waals surface area contributed by atoms with E-state index in [-0.39, 0.29) is 28.4 Å². The summed E-state index contributed by atoms with van der Waals surface area (Å²) < 4.78 is 18.1. The first kappa shape index (κ1) is 16.9. The summed E-state index contributed by atoms with van der Waals surface area (Å²) >= 11 is 4.18. The molecule has 0 bridgehead atoms. The Morgan fingerprint density at radius 2 is 2.27 bits per heavy atom. The van der Waals surface area contributed by atoms with Crippen LogP contribution in [0.25, 0.3) is 0 Å². The maximum Gasteiger partial charge on any atom is 0.183 e. The molecular formula is C12H12BrFN4O3S. The zero-order chi connectivity index (χ0) is 16.1. The largest absolute Gasteiger partial charge is 0.394 e. The van der Waals surface area contributed by atoms with E-state index in [0.29, 0.717) is 10.7 Å². The number of hydrogen-bond acceptors (Lipinski definition) is 7. The average Bonchev–Trinajstić information content (AvgIpc) is 2.97. The molecule has 22 heavy (non-hydrogen) atoms. The average molecular weight is 391 g/mol. The number of aliphatic hydroxyl groups excluding tert-OH is 2. The van der Waals surface area contributed by atoms with Crippen molar-refractivity contribution in [2.75, 3.05) is 12.4 Å². The molecule has 7 nitrogen and oxygen atoms in total. The summed E-state index contributed by atoms with van der Waals surface area (Å²) in [5.74, 6) is -0.164. The normalized spacial score (nSPS) is 13.4.